The predicted molar refractivity (Wildman–Crippen MR) is 123 cm³/mol. The first-order chi connectivity index (χ1) is 14.6. The van der Waals surface area contributed by atoms with Crippen LogP contribution in [0.1, 0.15) is 5.56 Å². The van der Waals surface area contributed by atoms with Gasteiger partial charge in [0.05, 0.1) is 25.3 Å². The lowest BCUT2D eigenvalue weighted by atomic mass is 10.0. The quantitative estimate of drug-likeness (QED) is 0.427. The summed E-state index contributed by atoms with van der Waals surface area (Å²) in [6.45, 7) is 1.72. The van der Waals surface area contributed by atoms with Crippen molar-refractivity contribution in [3.05, 3.63) is 60.2 Å². The molecule has 0 bridgehead atoms. The summed E-state index contributed by atoms with van der Waals surface area (Å²) in [5.41, 5.74) is 2.98. The van der Waals surface area contributed by atoms with E-state index < -0.39 is 0 Å². The number of benzene rings is 3. The first-order valence-corrected chi connectivity index (χ1v) is 9.90. The summed E-state index contributed by atoms with van der Waals surface area (Å²) in [5, 5.41) is 1.96. The van der Waals surface area contributed by atoms with Crippen molar-refractivity contribution in [2.24, 2.45) is 4.99 Å². The fourth-order valence-corrected chi connectivity index (χ4v) is 3.64. The van der Waals surface area contributed by atoms with Crippen LogP contribution in [0.3, 0.4) is 0 Å². The highest BCUT2D eigenvalue weighted by atomic mass is 16.5. The zero-order valence-corrected chi connectivity index (χ0v) is 17.8. The van der Waals surface area contributed by atoms with Crippen LogP contribution in [-0.2, 0) is 6.54 Å². The summed E-state index contributed by atoms with van der Waals surface area (Å²) in [4.78, 5) is 11.7. The lowest BCUT2D eigenvalue weighted by Gasteiger charge is -2.12. The van der Waals surface area contributed by atoms with Gasteiger partial charge >= 0.3 is 0 Å². The van der Waals surface area contributed by atoms with Gasteiger partial charge in [-0.15, -0.1) is 0 Å². The van der Waals surface area contributed by atoms with E-state index >= 15 is 0 Å². The van der Waals surface area contributed by atoms with E-state index in [0.29, 0.717) is 5.95 Å². The maximum absolute atomic E-state index is 5.61. The van der Waals surface area contributed by atoms with Crippen LogP contribution in [0.2, 0.25) is 0 Å². The molecule has 154 valence electrons. The van der Waals surface area contributed by atoms with Gasteiger partial charge in [0.1, 0.15) is 11.5 Å². The third-order valence-electron chi connectivity index (χ3n) is 5.16. The van der Waals surface area contributed by atoms with Crippen molar-refractivity contribution in [3.8, 4) is 11.5 Å². The molecule has 0 spiro atoms. The Hall–Kier alpha value is -3.38. The minimum atomic E-state index is 0.692. The molecule has 0 saturated carbocycles. The van der Waals surface area contributed by atoms with Gasteiger partial charge in [-0.2, -0.15) is 0 Å². The highest BCUT2D eigenvalue weighted by Gasteiger charge is 2.12. The predicted octanol–water partition coefficient (Wildman–Crippen LogP) is 4.52. The zero-order chi connectivity index (χ0) is 21.1. The highest BCUT2D eigenvalue weighted by molar-refractivity contribution is 6.06. The molecule has 1 heterocycles. The van der Waals surface area contributed by atoms with Crippen LogP contribution in [-0.4, -0.2) is 55.5 Å². The number of aliphatic imine (C=N–C) groups is 1. The monoisotopic (exact) mass is 402 g/mol. The Morgan fingerprint density at radius 3 is 2.53 bits per heavy atom. The first-order valence-electron chi connectivity index (χ1n) is 9.90. The Bertz CT molecular complexity index is 1210. The number of ether oxygens (including phenoxy) is 2. The van der Waals surface area contributed by atoms with Crippen LogP contribution in [0.15, 0.2) is 59.6 Å². The van der Waals surface area contributed by atoms with Gasteiger partial charge in [-0.05, 0) is 44.4 Å². The standard InChI is InChI=1S/C24H26N4O2/c1-27(2)14-15-28-20-10-6-5-9-19(20)26-24(28)25-16-17-12-13-21(29-3)18-8-7-11-22(30-4)23(17)18/h5-13,16H,14-15H2,1-4H3/b25-16+. The summed E-state index contributed by atoms with van der Waals surface area (Å²) in [5.74, 6) is 2.28. The third kappa shape index (κ3) is 3.74. The molecule has 3 aromatic carbocycles. The number of nitrogens with zero attached hydrogens (tertiary/aromatic N) is 4. The van der Waals surface area contributed by atoms with Crippen LogP contribution in [0.5, 0.6) is 11.5 Å². The van der Waals surface area contributed by atoms with E-state index in [1.807, 2.05) is 54.7 Å². The van der Waals surface area contributed by atoms with Gasteiger partial charge in [0, 0.05) is 35.6 Å². The van der Waals surface area contributed by atoms with Crippen molar-refractivity contribution in [1.29, 1.82) is 0 Å². The number of methoxy groups -OCH3 is 2. The molecule has 1 aromatic heterocycles. The summed E-state index contributed by atoms with van der Waals surface area (Å²) in [6, 6.07) is 18.0. The van der Waals surface area contributed by atoms with Crippen molar-refractivity contribution in [2.45, 2.75) is 6.54 Å². The van der Waals surface area contributed by atoms with Gasteiger partial charge in [-0.1, -0.05) is 24.3 Å². The molecule has 6 nitrogen and oxygen atoms in total. The number of imidazole rings is 1. The van der Waals surface area contributed by atoms with Gasteiger partial charge in [-0.25, -0.2) is 9.98 Å². The maximum atomic E-state index is 5.61. The van der Waals surface area contributed by atoms with E-state index in [9.17, 15) is 0 Å². The highest BCUT2D eigenvalue weighted by Crippen LogP contribution is 2.34. The van der Waals surface area contributed by atoms with Crippen molar-refractivity contribution in [1.82, 2.24) is 14.5 Å². The Kier molecular flexibility index (Phi) is 5.68. The molecule has 6 heteroatoms. The molecule has 0 N–H and O–H groups in total. The van der Waals surface area contributed by atoms with Gasteiger partial charge in [-0.3, -0.25) is 0 Å². The van der Waals surface area contributed by atoms with E-state index in [-0.39, 0.29) is 0 Å². The van der Waals surface area contributed by atoms with Crippen molar-refractivity contribution in [3.63, 3.8) is 0 Å². The van der Waals surface area contributed by atoms with Gasteiger partial charge in [0.2, 0.25) is 5.95 Å². The molecule has 0 atom stereocenters. The smallest absolute Gasteiger partial charge is 0.230 e. The van der Waals surface area contributed by atoms with Crippen LogP contribution in [0, 0.1) is 0 Å². The average Bonchev–Trinajstić information content (AvgIpc) is 3.12. The van der Waals surface area contributed by atoms with E-state index in [0.717, 1.165) is 52.0 Å². The maximum Gasteiger partial charge on any atom is 0.230 e. The molecule has 0 aliphatic heterocycles. The fourth-order valence-electron chi connectivity index (χ4n) is 3.64. The second kappa shape index (κ2) is 8.55. The van der Waals surface area contributed by atoms with Crippen LogP contribution < -0.4 is 9.47 Å². The number of aromatic nitrogens is 2. The van der Waals surface area contributed by atoms with Gasteiger partial charge in [0.25, 0.3) is 0 Å². The second-order valence-electron chi connectivity index (χ2n) is 7.35. The number of hydrogen-bond donors (Lipinski definition) is 0. The molecule has 0 aliphatic rings. The molecule has 0 aliphatic carbocycles. The summed E-state index contributed by atoms with van der Waals surface area (Å²) < 4.78 is 13.3. The summed E-state index contributed by atoms with van der Waals surface area (Å²) >= 11 is 0. The molecule has 0 fully saturated rings. The SMILES string of the molecule is COc1ccc(/C=N/c2nc3ccccc3n2CCN(C)C)c2c(OC)cccc12. The summed E-state index contributed by atoms with van der Waals surface area (Å²) in [6.07, 6.45) is 1.86. The first kappa shape index (κ1) is 19.9. The van der Waals surface area contributed by atoms with E-state index in [1.165, 1.54) is 0 Å². The number of hydrogen-bond acceptors (Lipinski definition) is 5. The topological polar surface area (TPSA) is 51.9 Å². The van der Waals surface area contributed by atoms with Crippen LogP contribution >= 0.6 is 0 Å². The normalized spacial score (nSPS) is 11.8. The Morgan fingerprint density at radius 1 is 0.967 bits per heavy atom. The largest absolute Gasteiger partial charge is 0.496 e. The van der Waals surface area contributed by atoms with Crippen LogP contribution in [0.25, 0.3) is 21.8 Å². The Balaban J connectivity index is 1.82. The molecule has 30 heavy (non-hydrogen) atoms. The third-order valence-corrected chi connectivity index (χ3v) is 5.16. The number of fused-ring (bicyclic) bond motifs is 2. The van der Waals surface area contributed by atoms with Crippen LogP contribution in [0.4, 0.5) is 5.95 Å². The lowest BCUT2D eigenvalue weighted by molar-refractivity contribution is 0.387. The minimum Gasteiger partial charge on any atom is -0.496 e. The molecule has 0 amide bonds. The van der Waals surface area contributed by atoms with Crippen molar-refractivity contribution < 1.29 is 9.47 Å². The Morgan fingerprint density at radius 2 is 1.77 bits per heavy atom. The zero-order valence-electron chi connectivity index (χ0n) is 17.8. The molecular formula is C24H26N4O2. The number of likely N-dealkylation sites (N-methyl/N-ethyl adjacent to an activating group) is 1. The van der Waals surface area contributed by atoms with Crippen molar-refractivity contribution >= 4 is 34.0 Å². The molecular weight excluding hydrogens is 376 g/mol. The lowest BCUT2D eigenvalue weighted by Crippen LogP contribution is -2.18. The van der Waals surface area contributed by atoms with Gasteiger partial charge < -0.3 is 18.9 Å². The number of rotatable bonds is 7. The molecule has 0 unspecified atom stereocenters. The van der Waals surface area contributed by atoms with Crippen molar-refractivity contribution in [2.75, 3.05) is 34.9 Å². The van der Waals surface area contributed by atoms with E-state index in [1.54, 1.807) is 14.2 Å². The molecule has 0 saturated heterocycles. The number of para-hydroxylation sites is 2. The van der Waals surface area contributed by atoms with Gasteiger partial charge in [0.15, 0.2) is 0 Å². The second-order valence-corrected chi connectivity index (χ2v) is 7.35. The summed E-state index contributed by atoms with van der Waals surface area (Å²) in [7, 11) is 7.49. The molecule has 4 rings (SSSR count). The van der Waals surface area contributed by atoms with E-state index in [4.69, 9.17) is 19.5 Å². The Labute approximate surface area is 176 Å². The molecule has 4 aromatic rings. The fraction of sp³-hybridized carbons (Fsp3) is 0.250. The average molecular weight is 402 g/mol. The van der Waals surface area contributed by atoms with E-state index in [2.05, 4.69) is 29.6 Å². The minimum absolute atomic E-state index is 0.692. The molecule has 0 radical (unpaired) electrons.